The Bertz CT molecular complexity index is 302. The third kappa shape index (κ3) is 3.16. The van der Waals surface area contributed by atoms with Gasteiger partial charge in [0.15, 0.2) is 0 Å². The van der Waals surface area contributed by atoms with Crippen LogP contribution >= 0.6 is 0 Å². The second kappa shape index (κ2) is 5.07. The predicted octanol–water partition coefficient (Wildman–Crippen LogP) is 1.33. The smallest absolute Gasteiger partial charge is 0.342 e. The van der Waals surface area contributed by atoms with E-state index in [1.54, 1.807) is 13.8 Å². The van der Waals surface area contributed by atoms with Crippen LogP contribution in [0.4, 0.5) is 0 Å². The van der Waals surface area contributed by atoms with Gasteiger partial charge in [-0.05, 0) is 33.1 Å². The lowest BCUT2D eigenvalue weighted by Gasteiger charge is -2.03. The number of cyclic esters (lactones) is 2. The molecular weight excluding hydrogens is 196 g/mol. The highest BCUT2D eigenvalue weighted by molar-refractivity contribution is 6.11. The summed E-state index contributed by atoms with van der Waals surface area (Å²) in [4.78, 5) is 22.2. The Morgan fingerprint density at radius 3 is 2.40 bits per heavy atom. The number of hydrogen-bond donors (Lipinski definition) is 1. The van der Waals surface area contributed by atoms with Crippen molar-refractivity contribution in [3.63, 3.8) is 0 Å². The second-order valence-corrected chi connectivity index (χ2v) is 3.88. The summed E-state index contributed by atoms with van der Waals surface area (Å²) < 4.78 is 4.46. The van der Waals surface area contributed by atoms with Gasteiger partial charge in [-0.2, -0.15) is 0 Å². The first kappa shape index (κ1) is 11.9. The fourth-order valence-corrected chi connectivity index (χ4v) is 1.53. The number of rotatable bonds is 5. The number of hydrogen-bond acceptors (Lipinski definition) is 4. The molecule has 0 aromatic carbocycles. The highest BCUT2D eigenvalue weighted by Gasteiger charge is 2.28. The number of aliphatic hydroxyl groups excluding tert-OH is 1. The summed E-state index contributed by atoms with van der Waals surface area (Å²) in [5, 5.41) is 9.03. The highest BCUT2D eigenvalue weighted by atomic mass is 16.6. The van der Waals surface area contributed by atoms with E-state index >= 15 is 0 Å². The third-order valence-electron chi connectivity index (χ3n) is 2.49. The summed E-state index contributed by atoms with van der Waals surface area (Å²) in [5.74, 6) is -1.03. The number of esters is 2. The van der Waals surface area contributed by atoms with Crippen molar-refractivity contribution in [3.8, 4) is 0 Å². The molecule has 1 heterocycles. The van der Waals surface area contributed by atoms with Gasteiger partial charge in [0.25, 0.3) is 0 Å². The lowest BCUT2D eigenvalue weighted by molar-refractivity contribution is -0.151. The minimum absolute atomic E-state index is 0.308. The summed E-state index contributed by atoms with van der Waals surface area (Å²) in [6.07, 6.45) is 2.60. The Balaban J connectivity index is 2.38. The van der Waals surface area contributed by atoms with Gasteiger partial charge in [0, 0.05) is 11.1 Å². The molecule has 0 aromatic rings. The zero-order valence-corrected chi connectivity index (χ0v) is 9.08. The average Bonchev–Trinajstić information content (AvgIpc) is 2.37. The zero-order valence-electron chi connectivity index (χ0n) is 9.08. The second-order valence-electron chi connectivity index (χ2n) is 3.88. The molecule has 15 heavy (non-hydrogen) atoms. The number of carbonyl (C=O) groups is 2. The number of carbonyl (C=O) groups excluding carboxylic acids is 2. The van der Waals surface area contributed by atoms with Gasteiger partial charge in [-0.25, -0.2) is 9.59 Å². The van der Waals surface area contributed by atoms with Crippen molar-refractivity contribution in [3.05, 3.63) is 11.1 Å². The Hall–Kier alpha value is -1.16. The van der Waals surface area contributed by atoms with E-state index in [1.165, 1.54) is 0 Å². The van der Waals surface area contributed by atoms with Crippen LogP contribution in [0.5, 0.6) is 0 Å². The maximum Gasteiger partial charge on any atom is 0.342 e. The molecule has 0 radical (unpaired) electrons. The highest BCUT2D eigenvalue weighted by Crippen LogP contribution is 2.22. The van der Waals surface area contributed by atoms with E-state index < -0.39 is 11.9 Å². The monoisotopic (exact) mass is 212 g/mol. The lowest BCUT2D eigenvalue weighted by Crippen LogP contribution is -2.02. The molecule has 4 nitrogen and oxygen atoms in total. The van der Waals surface area contributed by atoms with Crippen molar-refractivity contribution in [2.45, 2.75) is 45.6 Å². The molecule has 0 amide bonds. The number of unbranched alkanes of at least 4 members (excludes halogenated alkanes) is 1. The van der Waals surface area contributed by atoms with Crippen molar-refractivity contribution in [1.29, 1.82) is 0 Å². The van der Waals surface area contributed by atoms with Crippen LogP contribution in [0.25, 0.3) is 0 Å². The van der Waals surface area contributed by atoms with Gasteiger partial charge in [0.05, 0.1) is 6.10 Å². The van der Waals surface area contributed by atoms with Gasteiger partial charge in [0.1, 0.15) is 0 Å². The predicted molar refractivity (Wildman–Crippen MR) is 53.9 cm³/mol. The van der Waals surface area contributed by atoms with E-state index in [4.69, 9.17) is 5.11 Å². The molecule has 1 aliphatic rings. The minimum Gasteiger partial charge on any atom is -0.393 e. The fourth-order valence-electron chi connectivity index (χ4n) is 1.53. The molecule has 1 atom stereocenters. The normalized spacial score (nSPS) is 18.3. The Labute approximate surface area is 88.9 Å². The van der Waals surface area contributed by atoms with Gasteiger partial charge in [0.2, 0.25) is 0 Å². The first-order valence-corrected chi connectivity index (χ1v) is 5.16. The maximum absolute atomic E-state index is 11.2. The van der Waals surface area contributed by atoms with E-state index in [1.807, 2.05) is 0 Å². The summed E-state index contributed by atoms with van der Waals surface area (Å²) in [5.41, 5.74) is 0.919. The third-order valence-corrected chi connectivity index (χ3v) is 2.49. The van der Waals surface area contributed by atoms with E-state index in [9.17, 15) is 9.59 Å². The molecule has 1 aliphatic heterocycles. The molecule has 0 aromatic heterocycles. The number of ether oxygens (including phenoxy) is 1. The van der Waals surface area contributed by atoms with Crippen molar-refractivity contribution in [2.75, 3.05) is 0 Å². The standard InChI is InChI=1S/C11H16O4/c1-7(12)5-3-4-6-9-8(2)10(13)15-11(9)14/h7,12H,3-6H2,1-2H3/t7-/m0/s1. The molecule has 1 N–H and O–H groups in total. The van der Waals surface area contributed by atoms with E-state index in [0.717, 1.165) is 19.3 Å². The molecule has 0 spiro atoms. The molecule has 0 saturated heterocycles. The van der Waals surface area contributed by atoms with Crippen LogP contribution in [-0.2, 0) is 14.3 Å². The molecule has 1 rings (SSSR count). The molecule has 0 fully saturated rings. The van der Waals surface area contributed by atoms with Crippen LogP contribution in [0, 0.1) is 0 Å². The van der Waals surface area contributed by atoms with Gasteiger partial charge < -0.3 is 9.84 Å². The van der Waals surface area contributed by atoms with E-state index in [0.29, 0.717) is 17.6 Å². The Morgan fingerprint density at radius 1 is 1.27 bits per heavy atom. The molecular formula is C11H16O4. The van der Waals surface area contributed by atoms with Gasteiger partial charge in [-0.1, -0.05) is 6.42 Å². The number of aliphatic hydroxyl groups is 1. The van der Waals surface area contributed by atoms with Crippen LogP contribution in [0.2, 0.25) is 0 Å². The lowest BCUT2D eigenvalue weighted by atomic mass is 10.0. The topological polar surface area (TPSA) is 63.6 Å². The Morgan fingerprint density at radius 2 is 1.93 bits per heavy atom. The minimum atomic E-state index is -0.523. The summed E-state index contributed by atoms with van der Waals surface area (Å²) in [7, 11) is 0. The van der Waals surface area contributed by atoms with Gasteiger partial charge in [-0.15, -0.1) is 0 Å². The molecule has 4 heteroatoms. The first-order valence-electron chi connectivity index (χ1n) is 5.16. The summed E-state index contributed by atoms with van der Waals surface area (Å²) in [6.45, 7) is 3.34. The van der Waals surface area contributed by atoms with Crippen molar-refractivity contribution in [1.82, 2.24) is 0 Å². The zero-order chi connectivity index (χ0) is 11.4. The van der Waals surface area contributed by atoms with Crippen LogP contribution in [-0.4, -0.2) is 23.1 Å². The molecule has 0 aliphatic carbocycles. The quantitative estimate of drug-likeness (QED) is 0.424. The fraction of sp³-hybridized carbons (Fsp3) is 0.636. The Kier molecular flexibility index (Phi) is 4.03. The van der Waals surface area contributed by atoms with Crippen molar-refractivity contribution in [2.24, 2.45) is 0 Å². The SMILES string of the molecule is CC1=C(CCCC[C@H](C)O)C(=O)OC1=O. The van der Waals surface area contributed by atoms with Crippen LogP contribution in [0.3, 0.4) is 0 Å². The van der Waals surface area contributed by atoms with Crippen molar-refractivity contribution < 1.29 is 19.4 Å². The molecule has 0 bridgehead atoms. The largest absolute Gasteiger partial charge is 0.393 e. The van der Waals surface area contributed by atoms with Gasteiger partial charge >= 0.3 is 11.9 Å². The van der Waals surface area contributed by atoms with Gasteiger partial charge in [-0.3, -0.25) is 0 Å². The summed E-state index contributed by atoms with van der Waals surface area (Å²) >= 11 is 0. The summed E-state index contributed by atoms with van der Waals surface area (Å²) in [6, 6.07) is 0. The van der Waals surface area contributed by atoms with Crippen LogP contribution in [0.1, 0.15) is 39.5 Å². The maximum atomic E-state index is 11.2. The first-order chi connectivity index (χ1) is 7.02. The van der Waals surface area contributed by atoms with E-state index in [-0.39, 0.29) is 6.10 Å². The van der Waals surface area contributed by atoms with E-state index in [2.05, 4.69) is 4.74 Å². The molecule has 84 valence electrons. The average molecular weight is 212 g/mol. The molecule has 0 unspecified atom stereocenters. The van der Waals surface area contributed by atoms with Crippen molar-refractivity contribution >= 4 is 11.9 Å². The molecule has 0 saturated carbocycles. The van der Waals surface area contributed by atoms with Crippen LogP contribution < -0.4 is 0 Å². The van der Waals surface area contributed by atoms with Crippen LogP contribution in [0.15, 0.2) is 11.1 Å².